The molecule has 0 bridgehead atoms. The first-order chi connectivity index (χ1) is 15.2. The van der Waals surface area contributed by atoms with Crippen LogP contribution in [0.3, 0.4) is 0 Å². The zero-order valence-electron chi connectivity index (χ0n) is 19.1. The van der Waals surface area contributed by atoms with Crippen LogP contribution in [0.15, 0.2) is 65.3 Å². The smallest absolute Gasteiger partial charge is 0.172 e. The molecular weight excluding hydrogens is 420 g/mol. The van der Waals surface area contributed by atoms with Crippen LogP contribution in [0.1, 0.15) is 43.2 Å². The van der Waals surface area contributed by atoms with E-state index in [1.165, 1.54) is 0 Å². The molecule has 4 rings (SSSR count). The lowest BCUT2D eigenvalue weighted by molar-refractivity contribution is 0.305. The summed E-state index contributed by atoms with van der Waals surface area (Å²) in [5.74, 6) is 1.32. The molecule has 5 heteroatoms. The van der Waals surface area contributed by atoms with E-state index < -0.39 is 0 Å². The van der Waals surface area contributed by atoms with Crippen molar-refractivity contribution in [1.82, 2.24) is 10.1 Å². The van der Waals surface area contributed by atoms with Crippen LogP contribution >= 0.6 is 11.6 Å². The molecule has 0 radical (unpaired) electrons. The maximum absolute atomic E-state index is 6.69. The SMILES string of the molecule is Cc1cc(C(C)(C)C)c(Cl)cc1-c1cc(OCc2ccccc2)c(-c2ccno2)c(C)n1. The average molecular weight is 447 g/mol. The van der Waals surface area contributed by atoms with Crippen molar-refractivity contribution < 1.29 is 9.26 Å². The van der Waals surface area contributed by atoms with Crippen molar-refractivity contribution in [3.05, 3.63) is 88.2 Å². The van der Waals surface area contributed by atoms with Gasteiger partial charge < -0.3 is 9.26 Å². The van der Waals surface area contributed by atoms with E-state index in [4.69, 9.17) is 25.8 Å². The van der Waals surface area contributed by atoms with Crippen molar-refractivity contribution in [3.8, 4) is 28.3 Å². The van der Waals surface area contributed by atoms with Crippen molar-refractivity contribution in [2.45, 2.75) is 46.6 Å². The number of ether oxygens (including phenoxy) is 1. The van der Waals surface area contributed by atoms with Crippen molar-refractivity contribution in [3.63, 3.8) is 0 Å². The molecule has 4 nitrogen and oxygen atoms in total. The van der Waals surface area contributed by atoms with E-state index in [1.54, 1.807) is 6.20 Å². The first kappa shape index (κ1) is 22.1. The lowest BCUT2D eigenvalue weighted by atomic mass is 9.85. The molecule has 0 fully saturated rings. The third-order valence-electron chi connectivity index (χ3n) is 5.48. The van der Waals surface area contributed by atoms with Gasteiger partial charge in [-0.1, -0.05) is 73.9 Å². The molecule has 0 aliphatic carbocycles. The standard InChI is InChI=1S/C27H27ClN2O2/c1-17-13-21(27(3,4)5)22(28)14-20(17)23-15-25(31-16-19-9-7-6-8-10-19)26(18(2)30-23)24-11-12-29-32-24/h6-15H,16H2,1-5H3. The van der Waals surface area contributed by atoms with Crippen LogP contribution in [0.2, 0.25) is 5.02 Å². The Morgan fingerprint density at radius 1 is 1.00 bits per heavy atom. The fraction of sp³-hybridized carbons (Fsp3) is 0.259. The summed E-state index contributed by atoms with van der Waals surface area (Å²) in [4.78, 5) is 4.88. The Balaban J connectivity index is 1.81. The monoisotopic (exact) mass is 446 g/mol. The maximum atomic E-state index is 6.69. The number of aromatic nitrogens is 2. The van der Waals surface area contributed by atoms with Crippen LogP contribution in [-0.4, -0.2) is 10.1 Å². The van der Waals surface area contributed by atoms with E-state index in [2.05, 4.69) is 38.9 Å². The zero-order valence-corrected chi connectivity index (χ0v) is 19.8. The van der Waals surface area contributed by atoms with Gasteiger partial charge in [-0.05, 0) is 42.0 Å². The number of nitrogens with zero attached hydrogens (tertiary/aromatic N) is 2. The molecular formula is C27H27ClN2O2. The number of aryl methyl sites for hydroxylation is 2. The Labute approximate surface area is 194 Å². The molecule has 4 aromatic rings. The number of pyridine rings is 1. The highest BCUT2D eigenvalue weighted by Gasteiger charge is 2.22. The summed E-state index contributed by atoms with van der Waals surface area (Å²) in [6.45, 7) is 11.0. The summed E-state index contributed by atoms with van der Waals surface area (Å²) in [5.41, 5.74) is 6.69. The van der Waals surface area contributed by atoms with Crippen LogP contribution in [-0.2, 0) is 12.0 Å². The van der Waals surface area contributed by atoms with E-state index >= 15 is 0 Å². The van der Waals surface area contributed by atoms with Crippen LogP contribution in [0.4, 0.5) is 0 Å². The minimum Gasteiger partial charge on any atom is -0.488 e. The molecule has 2 aromatic carbocycles. The summed E-state index contributed by atoms with van der Waals surface area (Å²) in [6, 6.07) is 18.0. The number of hydrogen-bond acceptors (Lipinski definition) is 4. The molecule has 2 aromatic heterocycles. The van der Waals surface area contributed by atoms with Gasteiger partial charge in [-0.25, -0.2) is 0 Å². The van der Waals surface area contributed by atoms with Crippen molar-refractivity contribution in [1.29, 1.82) is 0 Å². The first-order valence-corrected chi connectivity index (χ1v) is 11.0. The molecule has 0 saturated heterocycles. The third-order valence-corrected chi connectivity index (χ3v) is 5.80. The van der Waals surface area contributed by atoms with Gasteiger partial charge in [0.1, 0.15) is 12.4 Å². The Bertz CT molecular complexity index is 1230. The number of rotatable bonds is 5. The van der Waals surface area contributed by atoms with Gasteiger partial charge in [0, 0.05) is 22.7 Å². The van der Waals surface area contributed by atoms with Gasteiger partial charge in [0.05, 0.1) is 23.1 Å². The van der Waals surface area contributed by atoms with E-state index in [0.717, 1.165) is 44.2 Å². The highest BCUT2D eigenvalue weighted by atomic mass is 35.5. The summed E-state index contributed by atoms with van der Waals surface area (Å²) < 4.78 is 11.7. The summed E-state index contributed by atoms with van der Waals surface area (Å²) in [5, 5.41) is 4.60. The van der Waals surface area contributed by atoms with Gasteiger partial charge in [0.15, 0.2) is 5.76 Å². The topological polar surface area (TPSA) is 48.2 Å². The predicted octanol–water partition coefficient (Wildman–Crippen LogP) is 7.55. The second-order valence-corrected chi connectivity index (χ2v) is 9.42. The maximum Gasteiger partial charge on any atom is 0.172 e. The molecule has 32 heavy (non-hydrogen) atoms. The summed E-state index contributed by atoms with van der Waals surface area (Å²) >= 11 is 6.69. The van der Waals surface area contributed by atoms with Crippen LogP contribution in [0.25, 0.3) is 22.6 Å². The normalized spacial score (nSPS) is 11.6. The molecule has 0 N–H and O–H groups in total. The van der Waals surface area contributed by atoms with Gasteiger partial charge in [0.25, 0.3) is 0 Å². The van der Waals surface area contributed by atoms with E-state index in [9.17, 15) is 0 Å². The van der Waals surface area contributed by atoms with Crippen molar-refractivity contribution in [2.75, 3.05) is 0 Å². The van der Waals surface area contributed by atoms with Crippen LogP contribution in [0.5, 0.6) is 5.75 Å². The fourth-order valence-corrected chi connectivity index (χ4v) is 4.25. The van der Waals surface area contributed by atoms with Gasteiger partial charge in [-0.2, -0.15) is 0 Å². The minimum atomic E-state index is -0.0379. The number of halogens is 1. The molecule has 0 amide bonds. The molecule has 0 aliphatic heterocycles. The highest BCUT2D eigenvalue weighted by Crippen LogP contribution is 2.39. The van der Waals surface area contributed by atoms with E-state index in [0.29, 0.717) is 18.1 Å². The molecule has 0 saturated carbocycles. The van der Waals surface area contributed by atoms with Gasteiger partial charge in [-0.15, -0.1) is 0 Å². The second kappa shape index (κ2) is 8.79. The molecule has 0 spiro atoms. The third kappa shape index (κ3) is 4.56. The predicted molar refractivity (Wildman–Crippen MR) is 129 cm³/mol. The summed E-state index contributed by atoms with van der Waals surface area (Å²) in [7, 11) is 0. The Kier molecular flexibility index (Phi) is 6.07. The molecule has 0 atom stereocenters. The van der Waals surface area contributed by atoms with Gasteiger partial charge in [0.2, 0.25) is 0 Å². The summed E-state index contributed by atoms with van der Waals surface area (Å²) in [6.07, 6.45) is 1.62. The van der Waals surface area contributed by atoms with Crippen LogP contribution in [0, 0.1) is 13.8 Å². The lowest BCUT2D eigenvalue weighted by Crippen LogP contribution is -2.12. The first-order valence-electron chi connectivity index (χ1n) is 10.6. The number of hydrogen-bond donors (Lipinski definition) is 0. The van der Waals surface area contributed by atoms with Gasteiger partial charge in [-0.3, -0.25) is 4.98 Å². The quantitative estimate of drug-likeness (QED) is 0.317. The molecule has 0 unspecified atom stereocenters. The molecule has 2 heterocycles. The largest absolute Gasteiger partial charge is 0.488 e. The lowest BCUT2D eigenvalue weighted by Gasteiger charge is -2.23. The Hall–Kier alpha value is -3.11. The second-order valence-electron chi connectivity index (χ2n) is 9.01. The number of benzene rings is 2. The van der Waals surface area contributed by atoms with E-state index in [-0.39, 0.29) is 5.41 Å². The average Bonchev–Trinajstić information content (AvgIpc) is 3.27. The fourth-order valence-electron chi connectivity index (χ4n) is 3.81. The van der Waals surface area contributed by atoms with Crippen molar-refractivity contribution in [2.24, 2.45) is 0 Å². The molecule has 0 aliphatic rings. The Morgan fingerprint density at radius 3 is 2.41 bits per heavy atom. The van der Waals surface area contributed by atoms with E-state index in [1.807, 2.05) is 55.5 Å². The molecule has 164 valence electrons. The zero-order chi connectivity index (χ0) is 22.9. The van der Waals surface area contributed by atoms with Gasteiger partial charge >= 0.3 is 0 Å². The highest BCUT2D eigenvalue weighted by molar-refractivity contribution is 6.31. The van der Waals surface area contributed by atoms with Crippen molar-refractivity contribution >= 4 is 11.6 Å². The van der Waals surface area contributed by atoms with Crippen LogP contribution < -0.4 is 4.74 Å². The Morgan fingerprint density at radius 2 is 1.75 bits per heavy atom. The minimum absolute atomic E-state index is 0.0379.